The van der Waals surface area contributed by atoms with Crippen molar-refractivity contribution in [1.82, 2.24) is 0 Å². The fourth-order valence-electron chi connectivity index (χ4n) is 0.853. The molecule has 0 aliphatic heterocycles. The van der Waals surface area contributed by atoms with Crippen molar-refractivity contribution in [2.24, 2.45) is 0 Å². The van der Waals surface area contributed by atoms with Gasteiger partial charge < -0.3 is 4.52 Å². The van der Waals surface area contributed by atoms with Crippen LogP contribution in [-0.2, 0) is 9.09 Å². The van der Waals surface area contributed by atoms with E-state index in [0.29, 0.717) is 5.02 Å². The van der Waals surface area contributed by atoms with Crippen LogP contribution < -0.4 is 4.52 Å². The van der Waals surface area contributed by atoms with E-state index in [9.17, 15) is 4.57 Å². The van der Waals surface area contributed by atoms with E-state index in [1.54, 1.807) is 19.1 Å². The maximum Gasteiger partial charge on any atom is 0.476 e. The molecule has 1 atom stereocenters. The summed E-state index contributed by atoms with van der Waals surface area (Å²) < 4.78 is 21.1. The first-order valence-corrected chi connectivity index (χ1v) is 7.24. The van der Waals surface area contributed by atoms with Crippen LogP contribution in [0.1, 0.15) is 6.92 Å². The Morgan fingerprint density at radius 2 is 2.07 bits per heavy atom. The maximum atomic E-state index is 11.5. The summed E-state index contributed by atoms with van der Waals surface area (Å²) in [4.78, 5) is 0. The van der Waals surface area contributed by atoms with Crippen LogP contribution in [-0.4, -0.2) is 6.61 Å². The summed E-state index contributed by atoms with van der Waals surface area (Å²) in [5.41, 5.74) is 0. The van der Waals surface area contributed by atoms with Gasteiger partial charge in [0.25, 0.3) is 0 Å². The van der Waals surface area contributed by atoms with Crippen LogP contribution in [0.15, 0.2) is 18.2 Å². The van der Waals surface area contributed by atoms with Crippen molar-refractivity contribution in [3.8, 4) is 5.75 Å². The Kier molecular flexibility index (Phi) is 4.75. The van der Waals surface area contributed by atoms with Gasteiger partial charge in [-0.2, -0.15) is 0 Å². The maximum absolute atomic E-state index is 11.5. The fraction of sp³-hybridized carbons (Fsp3) is 0.250. The highest BCUT2D eigenvalue weighted by atomic mass is 35.7. The van der Waals surface area contributed by atoms with Gasteiger partial charge >= 0.3 is 6.95 Å². The molecule has 0 amide bonds. The zero-order valence-corrected chi connectivity index (χ0v) is 10.9. The van der Waals surface area contributed by atoms with Gasteiger partial charge in [-0.3, -0.25) is 4.52 Å². The highest BCUT2D eigenvalue weighted by Crippen LogP contribution is 2.54. The highest BCUT2D eigenvalue weighted by Gasteiger charge is 2.23. The van der Waals surface area contributed by atoms with E-state index in [-0.39, 0.29) is 17.4 Å². The molecule has 0 N–H and O–H groups in total. The van der Waals surface area contributed by atoms with Gasteiger partial charge in [-0.25, -0.2) is 4.57 Å². The lowest BCUT2D eigenvalue weighted by Crippen LogP contribution is -1.93. The van der Waals surface area contributed by atoms with Crippen molar-refractivity contribution in [1.29, 1.82) is 0 Å². The van der Waals surface area contributed by atoms with E-state index in [2.05, 4.69) is 0 Å². The first kappa shape index (κ1) is 13.1. The number of halogens is 3. The first-order chi connectivity index (χ1) is 6.96. The predicted molar refractivity (Wildman–Crippen MR) is 62.2 cm³/mol. The zero-order valence-electron chi connectivity index (χ0n) is 7.75. The Balaban J connectivity index is 2.90. The summed E-state index contributed by atoms with van der Waals surface area (Å²) in [7, 11) is 0. The molecule has 1 rings (SSSR count). The monoisotopic (exact) mass is 288 g/mol. The molecular weight excluding hydrogens is 281 g/mol. The normalized spacial score (nSPS) is 14.7. The average Bonchev–Trinajstić information content (AvgIpc) is 2.12. The van der Waals surface area contributed by atoms with E-state index in [4.69, 9.17) is 43.5 Å². The van der Waals surface area contributed by atoms with Crippen molar-refractivity contribution < 1.29 is 13.6 Å². The topological polar surface area (TPSA) is 35.5 Å². The van der Waals surface area contributed by atoms with E-state index in [1.807, 2.05) is 0 Å². The molecule has 1 aromatic rings. The fourth-order valence-corrected chi connectivity index (χ4v) is 2.50. The third kappa shape index (κ3) is 3.86. The van der Waals surface area contributed by atoms with Gasteiger partial charge in [0.05, 0.1) is 11.6 Å². The Labute approximate surface area is 103 Å². The summed E-state index contributed by atoms with van der Waals surface area (Å²) in [5.74, 6) is 0.135. The molecule has 0 radical (unpaired) electrons. The summed E-state index contributed by atoms with van der Waals surface area (Å²) in [5, 5.41) is 0.446. The minimum absolute atomic E-state index is 0.135. The molecule has 0 heterocycles. The number of rotatable bonds is 4. The second kappa shape index (κ2) is 5.42. The summed E-state index contributed by atoms with van der Waals surface area (Å²) in [6.45, 7) is -1.80. The predicted octanol–water partition coefficient (Wildman–Crippen LogP) is 4.76. The van der Waals surface area contributed by atoms with Gasteiger partial charge in [-0.1, -0.05) is 29.3 Å². The van der Waals surface area contributed by atoms with Crippen molar-refractivity contribution in [3.05, 3.63) is 28.2 Å². The third-order valence-corrected chi connectivity index (χ3v) is 3.69. The number of benzene rings is 1. The van der Waals surface area contributed by atoms with Crippen molar-refractivity contribution in [3.63, 3.8) is 0 Å². The molecular formula is C8H8Cl3O3P. The Morgan fingerprint density at radius 3 is 2.67 bits per heavy atom. The molecule has 0 spiro atoms. The Bertz CT molecular complexity index is 397. The third-order valence-electron chi connectivity index (χ3n) is 1.41. The quantitative estimate of drug-likeness (QED) is 0.750. The van der Waals surface area contributed by atoms with Crippen LogP contribution in [0.3, 0.4) is 0 Å². The minimum Gasteiger partial charge on any atom is -0.412 e. The summed E-state index contributed by atoms with van der Waals surface area (Å²) in [6.07, 6.45) is 0. The molecule has 3 nitrogen and oxygen atoms in total. The molecule has 0 saturated heterocycles. The average molecular weight is 289 g/mol. The van der Waals surface area contributed by atoms with Gasteiger partial charge in [-0.15, -0.1) is 0 Å². The van der Waals surface area contributed by atoms with Gasteiger partial charge in [-0.05, 0) is 19.1 Å². The van der Waals surface area contributed by atoms with E-state index in [0.717, 1.165) is 0 Å². The van der Waals surface area contributed by atoms with Crippen LogP contribution in [0, 0.1) is 0 Å². The van der Waals surface area contributed by atoms with Crippen molar-refractivity contribution in [2.75, 3.05) is 6.61 Å². The second-order valence-electron chi connectivity index (χ2n) is 2.49. The van der Waals surface area contributed by atoms with Gasteiger partial charge in [0, 0.05) is 11.2 Å². The van der Waals surface area contributed by atoms with E-state index in [1.165, 1.54) is 6.07 Å². The van der Waals surface area contributed by atoms with Crippen LogP contribution in [0.5, 0.6) is 5.75 Å². The van der Waals surface area contributed by atoms with Gasteiger partial charge in [0.15, 0.2) is 0 Å². The van der Waals surface area contributed by atoms with Crippen LogP contribution >= 0.6 is 41.4 Å². The molecule has 0 aliphatic rings. The van der Waals surface area contributed by atoms with Crippen LogP contribution in [0.25, 0.3) is 0 Å². The van der Waals surface area contributed by atoms with Gasteiger partial charge in [0.1, 0.15) is 10.8 Å². The highest BCUT2D eigenvalue weighted by molar-refractivity contribution is 7.81. The Hall–Kier alpha value is 0.0800. The number of hydrogen-bond donors (Lipinski definition) is 0. The number of hydrogen-bond acceptors (Lipinski definition) is 3. The molecule has 1 unspecified atom stereocenters. The summed E-state index contributed by atoms with van der Waals surface area (Å²) in [6, 6.07) is 4.69. The van der Waals surface area contributed by atoms with Crippen molar-refractivity contribution in [2.45, 2.75) is 6.92 Å². The molecule has 1 aromatic carbocycles. The van der Waals surface area contributed by atoms with Gasteiger partial charge in [0.2, 0.25) is 0 Å². The molecule has 0 saturated carbocycles. The lowest BCUT2D eigenvalue weighted by molar-refractivity contribution is 0.295. The minimum atomic E-state index is -3.63. The molecule has 0 aliphatic carbocycles. The lowest BCUT2D eigenvalue weighted by atomic mass is 10.3. The standard InChI is InChI=1S/C8H8Cl3O3P/c1-2-13-15(11,12)14-7-5-3-4-6(9)8(7)10/h3-5H,2H2,1H3. The molecule has 0 aromatic heterocycles. The molecule has 7 heteroatoms. The van der Waals surface area contributed by atoms with Crippen LogP contribution in [0.2, 0.25) is 10.0 Å². The first-order valence-electron chi connectivity index (χ1n) is 4.04. The molecule has 0 bridgehead atoms. The van der Waals surface area contributed by atoms with E-state index >= 15 is 0 Å². The van der Waals surface area contributed by atoms with Crippen LogP contribution in [0.4, 0.5) is 0 Å². The molecule has 84 valence electrons. The largest absolute Gasteiger partial charge is 0.476 e. The second-order valence-corrected chi connectivity index (χ2v) is 5.82. The lowest BCUT2D eigenvalue weighted by Gasteiger charge is -2.12. The van der Waals surface area contributed by atoms with E-state index < -0.39 is 6.95 Å². The zero-order chi connectivity index (χ0) is 11.5. The Morgan fingerprint density at radius 1 is 1.40 bits per heavy atom. The smallest absolute Gasteiger partial charge is 0.412 e. The molecule has 0 fully saturated rings. The molecule has 15 heavy (non-hydrogen) atoms. The summed E-state index contributed by atoms with van der Waals surface area (Å²) >= 11 is 17.0. The SMILES string of the molecule is CCOP(=O)(Cl)Oc1cccc(Cl)c1Cl. The van der Waals surface area contributed by atoms with Crippen molar-refractivity contribution >= 4 is 41.4 Å².